The van der Waals surface area contributed by atoms with Crippen molar-refractivity contribution in [3.05, 3.63) is 70.9 Å². The fourth-order valence-corrected chi connectivity index (χ4v) is 5.62. The number of hydrogen-bond donors (Lipinski definition) is 1. The Bertz CT molecular complexity index is 1420. The highest BCUT2D eigenvalue weighted by atomic mass is 14.9. The number of para-hydroxylation sites is 1. The van der Waals surface area contributed by atoms with Gasteiger partial charge in [0.15, 0.2) is 5.41 Å². The third kappa shape index (κ3) is 2.40. The number of nitrogens with two attached hydrogens (primary N) is 1. The smallest absolute Gasteiger partial charge is 0.191 e. The first-order chi connectivity index (χ1) is 15.1. The minimum Gasteiger partial charge on any atom is -0.399 e. The number of nitrogens with zero attached hydrogens (tertiary/aromatic N) is 4. The molecule has 0 aliphatic heterocycles. The lowest BCUT2D eigenvalue weighted by atomic mass is 9.56. The zero-order valence-electron chi connectivity index (χ0n) is 17.3. The highest BCUT2D eigenvalue weighted by Crippen LogP contribution is 2.56. The van der Waals surface area contributed by atoms with Crippen molar-refractivity contribution in [3.63, 3.8) is 0 Å². The van der Waals surface area contributed by atoms with Crippen molar-refractivity contribution in [3.8, 4) is 18.2 Å². The number of fused-ring (bicyclic) bond motifs is 4. The Hall–Kier alpha value is -4.01. The normalized spacial score (nSPS) is 22.3. The van der Waals surface area contributed by atoms with E-state index in [0.29, 0.717) is 5.57 Å². The average molecular weight is 403 g/mol. The summed E-state index contributed by atoms with van der Waals surface area (Å²) in [6, 6.07) is 21.1. The Kier molecular flexibility index (Phi) is 4.14. The van der Waals surface area contributed by atoms with E-state index in [1.54, 1.807) is 0 Å². The van der Waals surface area contributed by atoms with E-state index in [0.717, 1.165) is 46.8 Å². The van der Waals surface area contributed by atoms with Gasteiger partial charge >= 0.3 is 0 Å². The Labute approximate surface area is 180 Å². The maximum Gasteiger partial charge on any atom is 0.191 e. The molecule has 0 saturated carbocycles. The molecule has 5 rings (SSSR count). The summed E-state index contributed by atoms with van der Waals surface area (Å²) in [5.41, 5.74) is 9.23. The standard InChI is InChI=1S/C26H21N5/c1-31-22-9-5-4-7-18(22)19-11-10-16(12-23(19)31)24-20-8-3-2-6-17(20)21(13-27)25(30)26(24,14-28)15-29/h4-7,9-12,20,24H,2-3,8,30H2,1H3/t20-,24-/m0/s1. The first-order valence-corrected chi connectivity index (χ1v) is 10.5. The Morgan fingerprint density at radius 2 is 1.77 bits per heavy atom. The van der Waals surface area contributed by atoms with E-state index in [9.17, 15) is 15.8 Å². The predicted molar refractivity (Wildman–Crippen MR) is 119 cm³/mol. The number of nitriles is 3. The minimum absolute atomic E-state index is 0.0814. The van der Waals surface area contributed by atoms with E-state index in [2.05, 4.69) is 53.1 Å². The van der Waals surface area contributed by atoms with Crippen LogP contribution in [0, 0.1) is 45.3 Å². The lowest BCUT2D eigenvalue weighted by Crippen LogP contribution is -2.42. The van der Waals surface area contributed by atoms with E-state index in [1.807, 2.05) is 25.2 Å². The van der Waals surface area contributed by atoms with Gasteiger partial charge in [0.25, 0.3) is 0 Å². The fraction of sp³-hybridized carbons (Fsp3) is 0.269. The topological polar surface area (TPSA) is 102 Å². The molecule has 0 spiro atoms. The third-order valence-electron chi connectivity index (χ3n) is 7.10. The first-order valence-electron chi connectivity index (χ1n) is 10.5. The van der Waals surface area contributed by atoms with Gasteiger partial charge in [0.1, 0.15) is 6.07 Å². The van der Waals surface area contributed by atoms with Crippen molar-refractivity contribution in [2.45, 2.75) is 25.2 Å². The SMILES string of the molecule is Cn1c2ccccc2c2ccc([C@H]3[C@H]4CCCC=C4C(C#N)=C(N)C3(C#N)C#N)cc21. The summed E-state index contributed by atoms with van der Waals surface area (Å²) in [4.78, 5) is 0. The molecule has 3 aromatic rings. The van der Waals surface area contributed by atoms with E-state index in [-0.39, 0.29) is 11.6 Å². The van der Waals surface area contributed by atoms with Crippen molar-refractivity contribution in [2.24, 2.45) is 24.1 Å². The van der Waals surface area contributed by atoms with Gasteiger partial charge in [0.05, 0.1) is 23.4 Å². The molecule has 2 aromatic carbocycles. The maximum absolute atomic E-state index is 10.2. The molecule has 2 N–H and O–H groups in total. The second-order valence-corrected chi connectivity index (χ2v) is 8.46. The molecule has 0 bridgehead atoms. The Balaban J connectivity index is 1.81. The molecule has 2 aliphatic rings. The average Bonchev–Trinajstić information content (AvgIpc) is 3.10. The maximum atomic E-state index is 10.2. The first kappa shape index (κ1) is 19.0. The highest BCUT2D eigenvalue weighted by Gasteiger charge is 2.53. The summed E-state index contributed by atoms with van der Waals surface area (Å²) in [7, 11) is 2.03. The Morgan fingerprint density at radius 1 is 1.03 bits per heavy atom. The quantitative estimate of drug-likeness (QED) is 0.622. The summed E-state index contributed by atoms with van der Waals surface area (Å²) in [6.45, 7) is 0. The van der Waals surface area contributed by atoms with Crippen molar-refractivity contribution in [1.29, 1.82) is 15.8 Å². The van der Waals surface area contributed by atoms with E-state index in [4.69, 9.17) is 5.73 Å². The van der Waals surface area contributed by atoms with Crippen LogP contribution in [0.4, 0.5) is 0 Å². The molecular formula is C26H21N5. The van der Waals surface area contributed by atoms with Crippen LogP contribution in [-0.2, 0) is 7.05 Å². The number of allylic oxidation sites excluding steroid dienone is 4. The number of benzene rings is 2. The molecule has 0 unspecified atom stereocenters. The van der Waals surface area contributed by atoms with Crippen molar-refractivity contribution < 1.29 is 0 Å². The third-order valence-corrected chi connectivity index (χ3v) is 7.10. The molecule has 2 atom stereocenters. The molecule has 0 radical (unpaired) electrons. The van der Waals surface area contributed by atoms with Gasteiger partial charge in [0.2, 0.25) is 0 Å². The van der Waals surface area contributed by atoms with Gasteiger partial charge in [0, 0.05) is 34.8 Å². The van der Waals surface area contributed by atoms with Gasteiger partial charge in [-0.3, -0.25) is 0 Å². The molecule has 31 heavy (non-hydrogen) atoms. The van der Waals surface area contributed by atoms with Crippen LogP contribution in [0.2, 0.25) is 0 Å². The molecule has 5 heteroatoms. The molecule has 150 valence electrons. The van der Waals surface area contributed by atoms with Gasteiger partial charge in [-0.15, -0.1) is 0 Å². The fourth-order valence-electron chi connectivity index (χ4n) is 5.62. The van der Waals surface area contributed by atoms with Gasteiger partial charge in [-0.2, -0.15) is 15.8 Å². The monoisotopic (exact) mass is 403 g/mol. The van der Waals surface area contributed by atoms with Crippen molar-refractivity contribution >= 4 is 21.8 Å². The van der Waals surface area contributed by atoms with Crippen LogP contribution in [0.15, 0.2) is 65.4 Å². The molecule has 1 aromatic heterocycles. The van der Waals surface area contributed by atoms with Crippen LogP contribution in [0.3, 0.4) is 0 Å². The summed E-state index contributed by atoms with van der Waals surface area (Å²) in [5.74, 6) is -0.504. The van der Waals surface area contributed by atoms with E-state index < -0.39 is 11.3 Å². The Morgan fingerprint density at radius 3 is 2.52 bits per heavy atom. The van der Waals surface area contributed by atoms with Crippen LogP contribution < -0.4 is 5.73 Å². The predicted octanol–water partition coefficient (Wildman–Crippen LogP) is 4.93. The van der Waals surface area contributed by atoms with Gasteiger partial charge in [-0.25, -0.2) is 0 Å². The van der Waals surface area contributed by atoms with Gasteiger partial charge < -0.3 is 10.3 Å². The van der Waals surface area contributed by atoms with Gasteiger partial charge in [-0.1, -0.05) is 36.4 Å². The summed E-state index contributed by atoms with van der Waals surface area (Å²) >= 11 is 0. The zero-order chi connectivity index (χ0) is 21.8. The summed E-state index contributed by atoms with van der Waals surface area (Å²) in [6.07, 6.45) is 4.74. The number of rotatable bonds is 1. The molecule has 1 heterocycles. The highest BCUT2D eigenvalue weighted by molar-refractivity contribution is 6.08. The second kappa shape index (κ2) is 6.76. The second-order valence-electron chi connectivity index (χ2n) is 8.46. The lowest BCUT2D eigenvalue weighted by molar-refractivity contribution is 0.317. The molecule has 0 amide bonds. The molecule has 0 fully saturated rings. The van der Waals surface area contributed by atoms with Crippen molar-refractivity contribution in [2.75, 3.05) is 0 Å². The number of hydrogen-bond acceptors (Lipinski definition) is 4. The lowest BCUT2D eigenvalue weighted by Gasteiger charge is -2.43. The largest absolute Gasteiger partial charge is 0.399 e. The zero-order valence-corrected chi connectivity index (χ0v) is 17.3. The number of aryl methyl sites for hydroxylation is 1. The molecular weight excluding hydrogens is 382 g/mol. The van der Waals surface area contributed by atoms with Crippen molar-refractivity contribution in [1.82, 2.24) is 4.57 Å². The van der Waals surface area contributed by atoms with Crippen LogP contribution >= 0.6 is 0 Å². The molecule has 2 aliphatic carbocycles. The summed E-state index contributed by atoms with van der Waals surface area (Å²) < 4.78 is 2.15. The molecule has 0 saturated heterocycles. The number of aromatic nitrogens is 1. The summed E-state index contributed by atoms with van der Waals surface area (Å²) in [5, 5.41) is 32.5. The van der Waals surface area contributed by atoms with Crippen LogP contribution in [0.5, 0.6) is 0 Å². The van der Waals surface area contributed by atoms with Crippen LogP contribution in [0.25, 0.3) is 21.8 Å². The van der Waals surface area contributed by atoms with Gasteiger partial charge in [-0.05, 0) is 48.4 Å². The molecule has 5 nitrogen and oxygen atoms in total. The van der Waals surface area contributed by atoms with Crippen LogP contribution in [0.1, 0.15) is 30.7 Å². The van der Waals surface area contributed by atoms with Crippen LogP contribution in [-0.4, -0.2) is 4.57 Å². The minimum atomic E-state index is -1.57. The van der Waals surface area contributed by atoms with E-state index in [1.165, 1.54) is 5.39 Å². The van der Waals surface area contributed by atoms with E-state index >= 15 is 0 Å².